The molecule has 2 amide bonds. The number of thiazole rings is 2. The van der Waals surface area contributed by atoms with Gasteiger partial charge in [0.05, 0.1) is 20.4 Å². The van der Waals surface area contributed by atoms with E-state index in [0.717, 1.165) is 53.0 Å². The number of unbranched alkanes of at least 4 members (excludes halogenated alkanes) is 1. The first kappa shape index (κ1) is 25.9. The van der Waals surface area contributed by atoms with Crippen LogP contribution in [0.3, 0.4) is 0 Å². The quantitative estimate of drug-likeness (QED) is 0.173. The Morgan fingerprint density at radius 1 is 0.550 bits per heavy atom. The largest absolute Gasteiger partial charge is 0.326 e. The maximum Gasteiger partial charge on any atom is 0.224 e. The lowest BCUT2D eigenvalue weighted by Crippen LogP contribution is -2.13. The second kappa shape index (κ2) is 11.8. The molecule has 2 N–H and O–H groups in total. The summed E-state index contributed by atoms with van der Waals surface area (Å²) >= 11 is 3.31. The van der Waals surface area contributed by atoms with Gasteiger partial charge in [-0.05, 0) is 85.6 Å². The molecule has 0 bridgehead atoms. The Labute approximate surface area is 239 Å². The molecular formula is C32H26N4O2S2. The first-order valence-electron chi connectivity index (χ1n) is 13.1. The number of aromatic nitrogens is 2. The molecule has 6 nitrogen and oxygen atoms in total. The topological polar surface area (TPSA) is 84.0 Å². The molecule has 0 atom stereocenters. The third kappa shape index (κ3) is 6.09. The number of benzene rings is 4. The molecule has 0 saturated carbocycles. The van der Waals surface area contributed by atoms with E-state index in [1.165, 1.54) is 0 Å². The van der Waals surface area contributed by atoms with Crippen LogP contribution < -0.4 is 10.6 Å². The van der Waals surface area contributed by atoms with Crippen LogP contribution in [0.1, 0.15) is 25.7 Å². The molecule has 0 radical (unpaired) electrons. The van der Waals surface area contributed by atoms with Gasteiger partial charge in [0, 0.05) is 35.3 Å². The van der Waals surface area contributed by atoms with Gasteiger partial charge >= 0.3 is 0 Å². The summed E-state index contributed by atoms with van der Waals surface area (Å²) in [5.41, 5.74) is 5.54. The summed E-state index contributed by atoms with van der Waals surface area (Å²) in [7, 11) is 0. The lowest BCUT2D eigenvalue weighted by molar-refractivity contribution is -0.118. The lowest BCUT2D eigenvalue weighted by Gasteiger charge is -2.07. The Morgan fingerprint density at radius 2 is 0.950 bits per heavy atom. The van der Waals surface area contributed by atoms with Gasteiger partial charge in [-0.25, -0.2) is 9.97 Å². The summed E-state index contributed by atoms with van der Waals surface area (Å²) < 4.78 is 2.31. The number of carbonyl (C=O) groups excluding carboxylic acids is 2. The van der Waals surface area contributed by atoms with Crippen molar-refractivity contribution in [3.63, 3.8) is 0 Å². The molecule has 0 aliphatic rings. The van der Waals surface area contributed by atoms with Crippen molar-refractivity contribution >= 4 is 66.3 Å². The number of amides is 2. The molecule has 0 fully saturated rings. The van der Waals surface area contributed by atoms with Gasteiger partial charge in [0.2, 0.25) is 11.8 Å². The van der Waals surface area contributed by atoms with Gasteiger partial charge in [0.25, 0.3) is 0 Å². The minimum absolute atomic E-state index is 0.0569. The van der Waals surface area contributed by atoms with E-state index in [9.17, 15) is 9.59 Å². The van der Waals surface area contributed by atoms with Crippen LogP contribution in [-0.2, 0) is 9.59 Å². The minimum Gasteiger partial charge on any atom is -0.326 e. The molecule has 0 aliphatic heterocycles. The summed E-state index contributed by atoms with van der Waals surface area (Å²) in [4.78, 5) is 34.2. The molecule has 6 rings (SSSR count). The van der Waals surface area contributed by atoms with E-state index in [4.69, 9.17) is 0 Å². The second-order valence-corrected chi connectivity index (χ2v) is 11.5. The molecule has 4 aromatic carbocycles. The van der Waals surface area contributed by atoms with Crippen LogP contribution in [0.25, 0.3) is 41.6 Å². The summed E-state index contributed by atoms with van der Waals surface area (Å²) in [5.74, 6) is -0.114. The van der Waals surface area contributed by atoms with Crippen LogP contribution >= 0.6 is 22.7 Å². The lowest BCUT2D eigenvalue weighted by atomic mass is 10.1. The number of rotatable bonds is 9. The standard InChI is InChI=1S/C32H26N4O2S2/c37-29(33-23-17-13-21(14-18-23)31-35-25-7-1-3-9-27(25)39-31)11-5-6-12-30(38)34-24-19-15-22(16-20-24)32-36-26-8-2-4-10-28(26)40-32/h1-4,7-10,13-20H,5-6,11-12H2,(H,33,37)(H,34,38). The minimum atomic E-state index is -0.0569. The van der Waals surface area contributed by atoms with Crippen molar-refractivity contribution in [3.05, 3.63) is 97.1 Å². The SMILES string of the molecule is O=C(CCCCC(=O)Nc1ccc(-c2nc3ccccc3s2)cc1)Nc1ccc(-c2nc3ccccc3s2)cc1. The van der Waals surface area contributed by atoms with Gasteiger partial charge in [0.1, 0.15) is 10.0 Å². The molecule has 2 aromatic heterocycles. The molecule has 8 heteroatoms. The van der Waals surface area contributed by atoms with Gasteiger partial charge in [-0.2, -0.15) is 0 Å². The summed E-state index contributed by atoms with van der Waals surface area (Å²) in [6, 6.07) is 31.6. The Morgan fingerprint density at radius 3 is 1.35 bits per heavy atom. The number of fused-ring (bicyclic) bond motifs is 2. The Balaban J connectivity index is 0.929. The summed E-state index contributed by atoms with van der Waals surface area (Å²) in [6.45, 7) is 0. The van der Waals surface area contributed by atoms with Gasteiger partial charge in [-0.1, -0.05) is 24.3 Å². The van der Waals surface area contributed by atoms with Crippen molar-refractivity contribution in [2.75, 3.05) is 10.6 Å². The molecule has 198 valence electrons. The monoisotopic (exact) mass is 562 g/mol. The van der Waals surface area contributed by atoms with Gasteiger partial charge in [-0.3, -0.25) is 9.59 Å². The number of para-hydroxylation sites is 2. The number of hydrogen-bond acceptors (Lipinski definition) is 6. The van der Waals surface area contributed by atoms with Crippen LogP contribution in [0, 0.1) is 0 Å². The fourth-order valence-corrected chi connectivity index (χ4v) is 6.34. The average molecular weight is 563 g/mol. The van der Waals surface area contributed by atoms with Gasteiger partial charge in [0.15, 0.2) is 0 Å². The first-order valence-corrected chi connectivity index (χ1v) is 14.8. The van der Waals surface area contributed by atoms with E-state index in [2.05, 4.69) is 32.7 Å². The van der Waals surface area contributed by atoms with E-state index < -0.39 is 0 Å². The van der Waals surface area contributed by atoms with E-state index in [-0.39, 0.29) is 11.8 Å². The normalized spacial score (nSPS) is 11.1. The van der Waals surface area contributed by atoms with E-state index >= 15 is 0 Å². The molecule has 0 aliphatic carbocycles. The van der Waals surface area contributed by atoms with Crippen LogP contribution in [-0.4, -0.2) is 21.8 Å². The smallest absolute Gasteiger partial charge is 0.224 e. The summed E-state index contributed by atoms with van der Waals surface area (Å²) in [5, 5.41) is 7.80. The predicted octanol–water partition coefficient (Wildman–Crippen LogP) is 8.38. The van der Waals surface area contributed by atoms with E-state index in [1.54, 1.807) is 22.7 Å². The second-order valence-electron chi connectivity index (χ2n) is 9.43. The third-order valence-corrected chi connectivity index (χ3v) is 8.65. The number of anilines is 2. The van der Waals surface area contributed by atoms with Crippen molar-refractivity contribution in [2.45, 2.75) is 25.7 Å². The van der Waals surface area contributed by atoms with Crippen molar-refractivity contribution in [3.8, 4) is 21.1 Å². The predicted molar refractivity (Wildman–Crippen MR) is 166 cm³/mol. The van der Waals surface area contributed by atoms with Crippen LogP contribution in [0.4, 0.5) is 11.4 Å². The van der Waals surface area contributed by atoms with E-state index in [0.29, 0.717) is 25.7 Å². The molecule has 0 spiro atoms. The zero-order valence-electron chi connectivity index (χ0n) is 21.6. The van der Waals surface area contributed by atoms with Crippen LogP contribution in [0.15, 0.2) is 97.1 Å². The maximum atomic E-state index is 12.4. The number of carbonyl (C=O) groups is 2. The molecule has 6 aromatic rings. The Kier molecular flexibility index (Phi) is 7.61. The Hall–Kier alpha value is -4.40. The maximum absolute atomic E-state index is 12.4. The average Bonchev–Trinajstić information content (AvgIpc) is 3.61. The highest BCUT2D eigenvalue weighted by Gasteiger charge is 2.09. The van der Waals surface area contributed by atoms with Crippen LogP contribution in [0.5, 0.6) is 0 Å². The molecule has 2 heterocycles. The molecular weight excluding hydrogens is 537 g/mol. The molecule has 40 heavy (non-hydrogen) atoms. The molecule has 0 unspecified atom stereocenters. The van der Waals surface area contributed by atoms with Crippen molar-refractivity contribution in [2.24, 2.45) is 0 Å². The van der Waals surface area contributed by atoms with E-state index in [1.807, 2.05) is 84.9 Å². The van der Waals surface area contributed by atoms with Crippen molar-refractivity contribution in [1.29, 1.82) is 0 Å². The Bertz CT molecular complexity index is 1590. The van der Waals surface area contributed by atoms with Gasteiger partial charge in [-0.15, -0.1) is 22.7 Å². The van der Waals surface area contributed by atoms with Crippen molar-refractivity contribution < 1.29 is 9.59 Å². The van der Waals surface area contributed by atoms with Crippen molar-refractivity contribution in [1.82, 2.24) is 9.97 Å². The number of nitrogens with one attached hydrogen (secondary N) is 2. The highest BCUT2D eigenvalue weighted by atomic mass is 32.1. The molecule has 0 saturated heterocycles. The highest BCUT2D eigenvalue weighted by molar-refractivity contribution is 7.22. The fourth-order valence-electron chi connectivity index (χ4n) is 4.40. The first-order chi connectivity index (χ1) is 19.6. The van der Waals surface area contributed by atoms with Gasteiger partial charge < -0.3 is 10.6 Å². The zero-order chi connectivity index (χ0) is 27.3. The third-order valence-electron chi connectivity index (χ3n) is 6.48. The summed E-state index contributed by atoms with van der Waals surface area (Å²) in [6.07, 6.45) is 2.01. The fraction of sp³-hybridized carbons (Fsp3) is 0.125. The van der Waals surface area contributed by atoms with Crippen LogP contribution in [0.2, 0.25) is 0 Å². The highest BCUT2D eigenvalue weighted by Crippen LogP contribution is 2.31. The number of hydrogen-bond donors (Lipinski definition) is 2. The number of nitrogens with zero attached hydrogens (tertiary/aromatic N) is 2. The zero-order valence-corrected chi connectivity index (χ0v) is 23.2.